The lowest BCUT2D eigenvalue weighted by atomic mass is 10.2. The number of hydrogen-bond acceptors (Lipinski definition) is 1. The molecule has 60 valence electrons. The topological polar surface area (TPSA) is 28.7 Å². The lowest BCUT2D eigenvalue weighted by Gasteiger charge is -1.94. The van der Waals surface area contributed by atoms with E-state index in [0.717, 1.165) is 11.3 Å². The van der Waals surface area contributed by atoms with Crippen molar-refractivity contribution in [3.05, 3.63) is 42.4 Å². The molecular formula is C10H10N2. The average Bonchev–Trinajstić information content (AvgIpc) is 2.54. The van der Waals surface area contributed by atoms with Crippen LogP contribution in [0.1, 0.15) is 5.69 Å². The highest BCUT2D eigenvalue weighted by Crippen LogP contribution is 2.15. The summed E-state index contributed by atoms with van der Waals surface area (Å²) in [5, 5.41) is 0. The van der Waals surface area contributed by atoms with Crippen molar-refractivity contribution in [2.45, 2.75) is 6.92 Å². The summed E-state index contributed by atoms with van der Waals surface area (Å²) in [5.74, 6) is 0. The fourth-order valence-electron chi connectivity index (χ4n) is 1.19. The van der Waals surface area contributed by atoms with Gasteiger partial charge in [-0.15, -0.1) is 0 Å². The predicted molar refractivity (Wildman–Crippen MR) is 48.8 cm³/mol. The van der Waals surface area contributed by atoms with E-state index in [2.05, 4.69) is 22.1 Å². The van der Waals surface area contributed by atoms with Gasteiger partial charge in [-0.3, -0.25) is 4.98 Å². The van der Waals surface area contributed by atoms with Gasteiger partial charge in [0.15, 0.2) is 0 Å². The largest absolute Gasteiger partial charge is 0.359 e. The third-order valence-corrected chi connectivity index (χ3v) is 1.80. The van der Waals surface area contributed by atoms with E-state index in [-0.39, 0.29) is 0 Å². The molecule has 2 heteroatoms. The van der Waals surface area contributed by atoms with Crippen LogP contribution < -0.4 is 0 Å². The van der Waals surface area contributed by atoms with Crippen LogP contribution in [-0.2, 0) is 0 Å². The molecule has 2 aromatic rings. The van der Waals surface area contributed by atoms with Gasteiger partial charge in [-0.25, -0.2) is 0 Å². The molecule has 2 rings (SSSR count). The summed E-state index contributed by atoms with van der Waals surface area (Å²) in [6.45, 7) is 2.04. The molecule has 0 saturated carbocycles. The Morgan fingerprint density at radius 3 is 2.75 bits per heavy atom. The first-order valence-corrected chi connectivity index (χ1v) is 3.92. The molecule has 0 aliphatic heterocycles. The standard InChI is InChI=1S/C10H10N2/c1-8-4-5-10(12-8)9-3-2-6-11-7-9/h2-7,12H,1H3. The van der Waals surface area contributed by atoms with Crippen molar-refractivity contribution in [2.24, 2.45) is 0 Å². The van der Waals surface area contributed by atoms with Gasteiger partial charge in [-0.1, -0.05) is 0 Å². The summed E-state index contributed by atoms with van der Waals surface area (Å²) in [7, 11) is 0. The van der Waals surface area contributed by atoms with Gasteiger partial charge in [-0.2, -0.15) is 0 Å². The Morgan fingerprint density at radius 2 is 2.17 bits per heavy atom. The molecule has 0 bridgehead atoms. The number of aromatic amines is 1. The molecule has 0 fully saturated rings. The van der Waals surface area contributed by atoms with Crippen LogP contribution in [0.4, 0.5) is 0 Å². The van der Waals surface area contributed by atoms with Gasteiger partial charge in [-0.05, 0) is 31.2 Å². The fourth-order valence-corrected chi connectivity index (χ4v) is 1.19. The minimum absolute atomic E-state index is 1.13. The molecule has 0 unspecified atom stereocenters. The van der Waals surface area contributed by atoms with Crippen molar-refractivity contribution in [1.29, 1.82) is 0 Å². The van der Waals surface area contributed by atoms with Gasteiger partial charge >= 0.3 is 0 Å². The molecule has 0 saturated heterocycles. The Labute approximate surface area is 71.3 Å². The summed E-state index contributed by atoms with van der Waals surface area (Å²) in [5.41, 5.74) is 3.43. The number of nitrogens with zero attached hydrogens (tertiary/aromatic N) is 1. The second-order valence-electron chi connectivity index (χ2n) is 2.80. The van der Waals surface area contributed by atoms with Crippen molar-refractivity contribution >= 4 is 0 Å². The molecule has 2 nitrogen and oxygen atoms in total. The lowest BCUT2D eigenvalue weighted by Crippen LogP contribution is -1.78. The Balaban J connectivity index is 2.45. The van der Waals surface area contributed by atoms with Crippen molar-refractivity contribution in [1.82, 2.24) is 9.97 Å². The molecule has 0 atom stereocenters. The SMILES string of the molecule is Cc1ccc(-c2cccnc2)[nH]1. The number of nitrogens with one attached hydrogen (secondary N) is 1. The number of pyridine rings is 1. The van der Waals surface area contributed by atoms with Crippen LogP contribution in [0.3, 0.4) is 0 Å². The van der Waals surface area contributed by atoms with Gasteiger partial charge in [0.2, 0.25) is 0 Å². The maximum Gasteiger partial charge on any atom is 0.0471 e. The van der Waals surface area contributed by atoms with Gasteiger partial charge < -0.3 is 4.98 Å². The molecule has 2 aromatic heterocycles. The Kier molecular flexibility index (Phi) is 1.67. The Hall–Kier alpha value is -1.57. The van der Waals surface area contributed by atoms with Crippen LogP contribution in [0.5, 0.6) is 0 Å². The monoisotopic (exact) mass is 158 g/mol. The smallest absolute Gasteiger partial charge is 0.0471 e. The third-order valence-electron chi connectivity index (χ3n) is 1.80. The van der Waals surface area contributed by atoms with E-state index in [1.165, 1.54) is 5.69 Å². The highest BCUT2D eigenvalue weighted by molar-refractivity contribution is 5.58. The van der Waals surface area contributed by atoms with Crippen molar-refractivity contribution in [3.63, 3.8) is 0 Å². The van der Waals surface area contributed by atoms with E-state index in [4.69, 9.17) is 0 Å². The van der Waals surface area contributed by atoms with E-state index in [0.29, 0.717) is 0 Å². The summed E-state index contributed by atoms with van der Waals surface area (Å²) in [4.78, 5) is 7.30. The molecule has 0 spiro atoms. The Morgan fingerprint density at radius 1 is 1.25 bits per heavy atom. The molecule has 0 aromatic carbocycles. The van der Waals surface area contributed by atoms with Gasteiger partial charge in [0.05, 0.1) is 0 Å². The average molecular weight is 158 g/mol. The van der Waals surface area contributed by atoms with Crippen molar-refractivity contribution in [3.8, 4) is 11.3 Å². The van der Waals surface area contributed by atoms with Gasteiger partial charge in [0, 0.05) is 29.3 Å². The third kappa shape index (κ3) is 1.23. The van der Waals surface area contributed by atoms with E-state index in [1.54, 1.807) is 6.20 Å². The first-order valence-electron chi connectivity index (χ1n) is 3.92. The van der Waals surface area contributed by atoms with E-state index in [9.17, 15) is 0 Å². The molecule has 1 N–H and O–H groups in total. The Bertz CT molecular complexity index is 362. The zero-order valence-corrected chi connectivity index (χ0v) is 6.91. The van der Waals surface area contributed by atoms with Crippen LogP contribution in [-0.4, -0.2) is 9.97 Å². The van der Waals surface area contributed by atoms with Gasteiger partial charge in [0.25, 0.3) is 0 Å². The van der Waals surface area contributed by atoms with Crippen LogP contribution >= 0.6 is 0 Å². The summed E-state index contributed by atoms with van der Waals surface area (Å²) in [6.07, 6.45) is 3.63. The maximum absolute atomic E-state index is 4.05. The van der Waals surface area contributed by atoms with Crippen LogP contribution in [0.2, 0.25) is 0 Å². The van der Waals surface area contributed by atoms with E-state index >= 15 is 0 Å². The number of rotatable bonds is 1. The van der Waals surface area contributed by atoms with Gasteiger partial charge in [0.1, 0.15) is 0 Å². The second kappa shape index (κ2) is 2.81. The minimum Gasteiger partial charge on any atom is -0.359 e. The lowest BCUT2D eigenvalue weighted by molar-refractivity contribution is 1.25. The predicted octanol–water partition coefficient (Wildman–Crippen LogP) is 2.39. The number of aromatic nitrogens is 2. The molecule has 12 heavy (non-hydrogen) atoms. The zero-order chi connectivity index (χ0) is 8.39. The fraction of sp³-hybridized carbons (Fsp3) is 0.100. The molecule has 0 aliphatic carbocycles. The molecular weight excluding hydrogens is 148 g/mol. The summed E-state index contributed by atoms with van der Waals surface area (Å²) < 4.78 is 0. The number of H-pyrrole nitrogens is 1. The number of aryl methyl sites for hydroxylation is 1. The normalized spacial score (nSPS) is 10.1. The molecule has 0 radical (unpaired) electrons. The van der Waals surface area contributed by atoms with Crippen molar-refractivity contribution < 1.29 is 0 Å². The van der Waals surface area contributed by atoms with Crippen LogP contribution in [0, 0.1) is 6.92 Å². The molecule has 2 heterocycles. The molecule has 0 amide bonds. The number of hydrogen-bond donors (Lipinski definition) is 1. The molecule has 0 aliphatic rings. The highest BCUT2D eigenvalue weighted by Gasteiger charge is 1.97. The van der Waals surface area contributed by atoms with Crippen LogP contribution in [0.15, 0.2) is 36.7 Å². The summed E-state index contributed by atoms with van der Waals surface area (Å²) >= 11 is 0. The minimum atomic E-state index is 1.13. The zero-order valence-electron chi connectivity index (χ0n) is 6.91. The first kappa shape index (κ1) is 7.10. The van der Waals surface area contributed by atoms with Crippen LogP contribution in [0.25, 0.3) is 11.3 Å². The second-order valence-corrected chi connectivity index (χ2v) is 2.80. The van der Waals surface area contributed by atoms with E-state index < -0.39 is 0 Å². The quantitative estimate of drug-likeness (QED) is 0.678. The van der Waals surface area contributed by atoms with Crippen molar-refractivity contribution in [2.75, 3.05) is 0 Å². The maximum atomic E-state index is 4.05. The summed E-state index contributed by atoms with van der Waals surface area (Å²) in [6, 6.07) is 8.10. The highest BCUT2D eigenvalue weighted by atomic mass is 14.7. The van der Waals surface area contributed by atoms with E-state index in [1.807, 2.05) is 25.3 Å². The first-order chi connectivity index (χ1) is 5.86.